The van der Waals surface area contributed by atoms with Crippen LogP contribution in [0.4, 0.5) is 13.2 Å². The standard InChI is InChI=1S/C34H51BrFN3O6S2Si.2C27H43BrFN3O3SSi/c1-11-48(12-2,13-3)26-21-28(35)38-31(30(26)36)34(10)23-46(41,33(8,9)27(39-34)22-29(40)45-32(5,6)7)37-19-14-20-44-47(42,43)25-17-15-24(4)16-18-25;2*1-10-37(11-2,12-3)18-16-21(28)31-24(23(18)29)27(9)20-14-13-15-30-36(20,34)26(7,8)19(32-27)17-22(33)35-25(4,5)6/h15-18,21H,11-14,19-20,22-23H2,1-10H3;2*16,20H,10-15,17H2,1-9H3/t34-,46-;20-,27+,36+;20-,27-,36-/m010/s1. The molecule has 0 unspecified atom stereocenters. The number of halogens is 6. The summed E-state index contributed by atoms with van der Waals surface area (Å²) < 4.78 is 155. The number of benzene rings is 1. The predicted octanol–water partition coefficient (Wildman–Crippen LogP) is 20.5. The first kappa shape index (κ1) is 105. The molecular formula is C88H137Br3F3N9O12S4Si3. The van der Waals surface area contributed by atoms with Crippen molar-refractivity contribution in [2.45, 2.75) is 363 Å². The fourth-order valence-corrected chi connectivity index (χ4v) is 41.2. The summed E-state index contributed by atoms with van der Waals surface area (Å²) in [5.41, 5.74) is -3.43. The summed E-state index contributed by atoms with van der Waals surface area (Å²) in [6.07, 6.45) is 2.37. The molecular weight excluding hydrogens is 1880 g/mol. The SMILES string of the molecule is CC[Si](CC)(CC)c1cc(Br)nc([C@@]2(C)N=C(CC(=O)OC(C)(C)C)C(C)(C)[S@]3(=O)=NCCC[C@@H]23)c1F.CC[Si](CC)(CC)c1cc(Br)nc([C@@]2(C)N=C(CC(=O)OC(C)(C)C)C(C)(C)[S@]3(=O)=NCCC[C@H]23)c1F.CC[Si](CC)(CC)c1cc(Br)nc([C@]2(C)C[S@@](=O)(=NCCCOS(=O)(=O)c3ccc(C)cc3)C(C)(C)C(CC(=O)OC(C)(C)C)=N2)c1F. The molecule has 0 bridgehead atoms. The Morgan fingerprint density at radius 3 is 1.13 bits per heavy atom. The largest absolute Gasteiger partial charge is 0.460 e. The molecule has 34 heteroatoms. The lowest BCUT2D eigenvalue weighted by atomic mass is 9.88. The maximum atomic E-state index is 16.8. The number of carbonyl (C=O) groups excluding carboxylic acids is 3. The Kier molecular flexibility index (Phi) is 33.7. The van der Waals surface area contributed by atoms with Gasteiger partial charge in [-0.25, -0.2) is 53.8 Å². The van der Waals surface area contributed by atoms with Crippen LogP contribution in [-0.2, 0) is 88.7 Å². The van der Waals surface area contributed by atoms with E-state index < -0.39 is 145 Å². The van der Waals surface area contributed by atoms with Crippen LogP contribution in [0.3, 0.4) is 0 Å². The van der Waals surface area contributed by atoms with Gasteiger partial charge in [0.05, 0.1) is 121 Å². The quantitative estimate of drug-likeness (QED) is 0.0134. The van der Waals surface area contributed by atoms with Crippen molar-refractivity contribution in [2.75, 3.05) is 32.0 Å². The molecule has 0 fully saturated rings. The van der Waals surface area contributed by atoms with Crippen molar-refractivity contribution in [1.29, 1.82) is 0 Å². The number of aromatic nitrogens is 3. The molecule has 0 amide bonds. The molecule has 0 radical (unpaired) electrons. The Labute approximate surface area is 756 Å². The van der Waals surface area contributed by atoms with Gasteiger partial charge in [0.2, 0.25) is 0 Å². The summed E-state index contributed by atoms with van der Waals surface area (Å²) in [6.45, 7) is 54.1. The first-order valence-corrected chi connectivity index (χ1v) is 59.7. The van der Waals surface area contributed by atoms with Crippen LogP contribution in [0.25, 0.3) is 0 Å². The van der Waals surface area contributed by atoms with Crippen LogP contribution < -0.4 is 15.6 Å². The lowest BCUT2D eigenvalue weighted by Gasteiger charge is -2.49. The highest BCUT2D eigenvalue weighted by Gasteiger charge is 2.60. The van der Waals surface area contributed by atoms with Crippen LogP contribution in [0, 0.1) is 24.4 Å². The second-order valence-corrected chi connectivity index (χ2v) is 66.8. The van der Waals surface area contributed by atoms with Crippen molar-refractivity contribution in [3.05, 3.63) is 96.4 Å². The molecule has 0 spiro atoms. The van der Waals surface area contributed by atoms with E-state index in [1.54, 1.807) is 59.7 Å². The topological polar surface area (TPSA) is 286 Å². The molecule has 1 aromatic carbocycles. The van der Waals surface area contributed by atoms with Gasteiger partial charge < -0.3 is 14.2 Å². The molecule has 0 aliphatic carbocycles. The van der Waals surface area contributed by atoms with Crippen LogP contribution >= 0.6 is 47.8 Å². The van der Waals surface area contributed by atoms with Crippen molar-refractivity contribution < 1.29 is 67.0 Å². The number of rotatable bonds is 27. The Morgan fingerprint density at radius 2 is 0.811 bits per heavy atom. The van der Waals surface area contributed by atoms with E-state index in [-0.39, 0.29) is 83.9 Å². The third kappa shape index (κ3) is 21.6. The third-order valence-electron chi connectivity index (χ3n) is 26.2. The van der Waals surface area contributed by atoms with Crippen molar-refractivity contribution >= 4 is 162 Å². The van der Waals surface area contributed by atoms with E-state index in [4.69, 9.17) is 42.1 Å². The smallest absolute Gasteiger partial charge is 0.312 e. The highest BCUT2D eigenvalue weighted by Crippen LogP contribution is 2.52. The second kappa shape index (κ2) is 39.2. The molecule has 4 aromatic rings. The van der Waals surface area contributed by atoms with Gasteiger partial charge in [-0.1, -0.05) is 134 Å². The number of aliphatic imine (C=N–C) groups is 3. The summed E-state index contributed by atoms with van der Waals surface area (Å²) in [5.74, 6) is -2.72. The molecule has 684 valence electrons. The number of nitrogens with zero attached hydrogens (tertiary/aromatic N) is 9. The number of hydrogen-bond acceptors (Lipinski definition) is 21. The zero-order valence-electron chi connectivity index (χ0n) is 77.6. The van der Waals surface area contributed by atoms with Gasteiger partial charge in [-0.05, 0) is 257 Å². The number of pyridine rings is 3. The van der Waals surface area contributed by atoms with Crippen LogP contribution in [-0.4, -0.2) is 169 Å². The van der Waals surface area contributed by atoms with Crippen molar-refractivity contribution in [3.8, 4) is 0 Å². The van der Waals surface area contributed by atoms with E-state index in [1.807, 2.05) is 102 Å². The van der Waals surface area contributed by atoms with Gasteiger partial charge in [-0.3, -0.25) is 33.5 Å². The predicted molar refractivity (Wildman–Crippen MR) is 510 cm³/mol. The summed E-state index contributed by atoms with van der Waals surface area (Å²) in [5, 5.41) is 1.10. The van der Waals surface area contributed by atoms with E-state index in [9.17, 15) is 31.2 Å². The van der Waals surface area contributed by atoms with Gasteiger partial charge in [-0.2, -0.15) is 8.42 Å². The number of ether oxygens (including phenoxy) is 3. The summed E-state index contributed by atoms with van der Waals surface area (Å²) >= 11 is 10.6. The minimum atomic E-state index is -3.98. The zero-order valence-corrected chi connectivity index (χ0v) is 88.6. The fourth-order valence-electron chi connectivity index (χ4n) is 18.1. The van der Waals surface area contributed by atoms with Crippen LogP contribution in [0.15, 0.2) is 89.2 Å². The first-order valence-electron chi connectivity index (χ1n) is 43.2. The van der Waals surface area contributed by atoms with Gasteiger partial charge in [0.15, 0.2) is 0 Å². The Bertz CT molecular complexity index is 4980. The molecule has 0 N–H and O–H groups in total. The van der Waals surface area contributed by atoms with Crippen LogP contribution in [0.1, 0.15) is 261 Å². The molecule has 9 rings (SSSR count). The fraction of sp³-hybridized carbons (Fsp3) is 0.693. The number of esters is 3. The van der Waals surface area contributed by atoms with E-state index in [2.05, 4.69) is 129 Å². The number of hydrogen-bond donors (Lipinski definition) is 0. The molecule has 8 heterocycles. The molecule has 0 saturated carbocycles. The minimum Gasteiger partial charge on any atom is -0.460 e. The zero-order chi connectivity index (χ0) is 92.4. The summed E-state index contributed by atoms with van der Waals surface area (Å²) in [7, 11) is -19.6. The van der Waals surface area contributed by atoms with E-state index >= 15 is 17.4 Å². The number of aryl methyl sites for hydroxylation is 1. The molecule has 3 aromatic heterocycles. The average Bonchev–Trinajstić information content (AvgIpc) is 0.699. The Morgan fingerprint density at radius 1 is 0.500 bits per heavy atom. The van der Waals surface area contributed by atoms with E-state index in [1.165, 1.54) is 12.1 Å². The maximum Gasteiger partial charge on any atom is 0.312 e. The van der Waals surface area contributed by atoms with Crippen molar-refractivity contribution in [2.24, 2.45) is 28.1 Å². The van der Waals surface area contributed by atoms with Crippen molar-refractivity contribution in [1.82, 2.24) is 15.0 Å². The summed E-state index contributed by atoms with van der Waals surface area (Å²) in [6, 6.07) is 19.8. The average molecular weight is 2020 g/mol. The normalized spacial score (nSPS) is 25.2. The first-order chi connectivity index (χ1) is 56.1. The lowest BCUT2D eigenvalue weighted by molar-refractivity contribution is -0.154. The molecule has 5 aliphatic rings. The second-order valence-electron chi connectivity index (χ2n) is 38.2. The van der Waals surface area contributed by atoms with Gasteiger partial charge in [0, 0.05) is 30.2 Å². The van der Waals surface area contributed by atoms with Crippen LogP contribution in [0.2, 0.25) is 54.4 Å². The highest BCUT2D eigenvalue weighted by atomic mass is 79.9. The van der Waals surface area contributed by atoms with Gasteiger partial charge in [0.25, 0.3) is 10.1 Å². The molecule has 21 nitrogen and oxygen atoms in total. The minimum absolute atomic E-state index is 0.0126. The monoisotopic (exact) mass is 2020 g/mol. The Balaban J connectivity index is 0.000000255. The van der Waals surface area contributed by atoms with Gasteiger partial charge in [0.1, 0.15) is 81.8 Å². The molecule has 8 atom stereocenters. The lowest BCUT2D eigenvalue weighted by Crippen LogP contribution is -2.59. The van der Waals surface area contributed by atoms with E-state index in [0.717, 1.165) is 83.2 Å². The molecule has 122 heavy (non-hydrogen) atoms. The Hall–Kier alpha value is -4.27. The molecule has 5 aliphatic heterocycles. The van der Waals surface area contributed by atoms with Crippen molar-refractivity contribution in [3.63, 3.8) is 0 Å². The maximum absolute atomic E-state index is 16.8. The van der Waals surface area contributed by atoms with Gasteiger partial charge in [-0.15, -0.1) is 0 Å². The third-order valence-corrected chi connectivity index (χ3v) is 56.3. The molecule has 0 saturated heterocycles. The summed E-state index contributed by atoms with van der Waals surface area (Å²) in [4.78, 5) is 68.2. The number of carbonyl (C=O) groups is 3. The van der Waals surface area contributed by atoms with Crippen LogP contribution in [0.5, 0.6) is 0 Å². The van der Waals surface area contributed by atoms with E-state index in [0.29, 0.717) is 56.4 Å². The number of fused-ring (bicyclic) bond motifs is 2. The van der Waals surface area contributed by atoms with Gasteiger partial charge >= 0.3 is 17.9 Å². The highest BCUT2D eigenvalue weighted by molar-refractivity contribution is 9.11.